The third-order valence-electron chi connectivity index (χ3n) is 5.32. The van der Waals surface area contributed by atoms with E-state index >= 15 is 0 Å². The van der Waals surface area contributed by atoms with Crippen LogP contribution in [0.15, 0.2) is 85.5 Å². The smallest absolute Gasteiger partial charge is 0.343 e. The van der Waals surface area contributed by atoms with Gasteiger partial charge in [-0.05, 0) is 85.6 Å². The zero-order valence-corrected chi connectivity index (χ0v) is 21.0. The Morgan fingerprint density at radius 3 is 1.58 bits per heavy atom. The van der Waals surface area contributed by atoms with E-state index in [1.165, 1.54) is 24.3 Å². The molecule has 0 aliphatic carbocycles. The molecular weight excluding hydrogens is 488 g/mol. The maximum Gasteiger partial charge on any atom is 0.343 e. The van der Waals surface area contributed by atoms with Crippen molar-refractivity contribution in [1.29, 1.82) is 0 Å². The second-order valence-corrected chi connectivity index (χ2v) is 8.06. The third-order valence-corrected chi connectivity index (χ3v) is 5.32. The van der Waals surface area contributed by atoms with Gasteiger partial charge in [0.1, 0.15) is 17.2 Å². The molecule has 3 aromatic carbocycles. The van der Waals surface area contributed by atoms with E-state index < -0.39 is 17.9 Å². The highest BCUT2D eigenvalue weighted by molar-refractivity contribution is 5.96. The molecule has 0 unspecified atom stereocenters. The fraction of sp³-hybridized carbons (Fsp3) is 0.200. The summed E-state index contributed by atoms with van der Waals surface area (Å²) >= 11 is 0. The van der Waals surface area contributed by atoms with Crippen molar-refractivity contribution < 1.29 is 38.1 Å². The number of hydrogen-bond donors (Lipinski definition) is 0. The normalized spacial score (nSPS) is 10.2. The van der Waals surface area contributed by atoms with E-state index in [1.54, 1.807) is 55.5 Å². The van der Waals surface area contributed by atoms with E-state index in [-0.39, 0.29) is 17.1 Å². The number of carbonyl (C=O) groups excluding carboxylic acids is 4. The maximum atomic E-state index is 12.5. The first kappa shape index (κ1) is 27.9. The van der Waals surface area contributed by atoms with Crippen LogP contribution in [0.1, 0.15) is 57.3 Å². The Kier molecular flexibility index (Phi) is 10.4. The molecule has 0 spiro atoms. The molecule has 0 aliphatic heterocycles. The molecule has 0 bridgehead atoms. The van der Waals surface area contributed by atoms with Crippen LogP contribution < -0.4 is 14.2 Å². The number of ether oxygens (including phenoxy) is 4. The van der Waals surface area contributed by atoms with Crippen molar-refractivity contribution in [3.63, 3.8) is 0 Å². The molecule has 0 amide bonds. The Morgan fingerprint density at radius 1 is 0.658 bits per heavy atom. The van der Waals surface area contributed by atoms with Crippen LogP contribution in [0.25, 0.3) is 0 Å². The van der Waals surface area contributed by atoms with Crippen molar-refractivity contribution in [1.82, 2.24) is 0 Å². The summed E-state index contributed by atoms with van der Waals surface area (Å²) in [4.78, 5) is 47.6. The number of rotatable bonds is 13. The standard InChI is InChI=1S/C30H28O8/c1-3-27(31)21-7-15-25(16-8-21)37-30(34)23-11-17-26(18-12-23)38-29(33)22-9-13-24(14-10-22)35-19-5-6-20-36-28(32)4-2/h4,7-18H,2-3,5-6,19-20H2,1H3. The van der Waals surface area contributed by atoms with E-state index in [1.807, 2.05) is 0 Å². The van der Waals surface area contributed by atoms with Gasteiger partial charge in [-0.25, -0.2) is 14.4 Å². The van der Waals surface area contributed by atoms with Gasteiger partial charge in [0.25, 0.3) is 0 Å². The second-order valence-electron chi connectivity index (χ2n) is 8.06. The molecular formula is C30H28O8. The van der Waals surface area contributed by atoms with Crippen LogP contribution in [-0.4, -0.2) is 36.9 Å². The molecule has 0 radical (unpaired) electrons. The molecule has 3 aromatic rings. The van der Waals surface area contributed by atoms with E-state index in [4.69, 9.17) is 18.9 Å². The monoisotopic (exact) mass is 516 g/mol. The van der Waals surface area contributed by atoms with E-state index in [0.29, 0.717) is 55.1 Å². The molecule has 0 heterocycles. The fourth-order valence-electron chi connectivity index (χ4n) is 3.22. The molecule has 8 heteroatoms. The molecule has 0 saturated heterocycles. The summed E-state index contributed by atoms with van der Waals surface area (Å²) in [5, 5.41) is 0. The van der Waals surface area contributed by atoms with Gasteiger partial charge in [-0.3, -0.25) is 4.79 Å². The molecule has 0 N–H and O–H groups in total. The van der Waals surface area contributed by atoms with Crippen LogP contribution in [0.5, 0.6) is 17.2 Å². The average molecular weight is 517 g/mol. The van der Waals surface area contributed by atoms with Gasteiger partial charge < -0.3 is 18.9 Å². The van der Waals surface area contributed by atoms with Gasteiger partial charge in [-0.2, -0.15) is 0 Å². The minimum atomic E-state index is -0.578. The minimum Gasteiger partial charge on any atom is -0.494 e. The number of benzene rings is 3. The summed E-state index contributed by atoms with van der Waals surface area (Å²) in [5.74, 6) is -0.389. The molecule has 196 valence electrons. The quantitative estimate of drug-likeness (QED) is 0.0950. The number of hydrogen-bond acceptors (Lipinski definition) is 8. The van der Waals surface area contributed by atoms with Gasteiger partial charge in [0.05, 0.1) is 24.3 Å². The van der Waals surface area contributed by atoms with Gasteiger partial charge in [0.2, 0.25) is 0 Å². The molecule has 3 rings (SSSR count). The van der Waals surface area contributed by atoms with E-state index in [0.717, 1.165) is 6.08 Å². The molecule has 0 saturated carbocycles. The van der Waals surface area contributed by atoms with Crippen molar-refractivity contribution in [3.05, 3.63) is 102 Å². The number of unbranched alkanes of at least 4 members (excludes halogenated alkanes) is 1. The number of carbonyl (C=O) groups is 4. The van der Waals surface area contributed by atoms with Crippen LogP contribution in [-0.2, 0) is 9.53 Å². The van der Waals surface area contributed by atoms with Gasteiger partial charge in [-0.1, -0.05) is 13.5 Å². The van der Waals surface area contributed by atoms with Crippen LogP contribution >= 0.6 is 0 Å². The largest absolute Gasteiger partial charge is 0.494 e. The van der Waals surface area contributed by atoms with Gasteiger partial charge in [0.15, 0.2) is 5.78 Å². The first-order chi connectivity index (χ1) is 18.4. The Balaban J connectivity index is 1.45. The summed E-state index contributed by atoms with van der Waals surface area (Å²) in [6, 6.07) is 18.9. The fourth-order valence-corrected chi connectivity index (χ4v) is 3.22. The number of esters is 3. The van der Waals surface area contributed by atoms with Crippen molar-refractivity contribution in [2.75, 3.05) is 13.2 Å². The molecule has 8 nitrogen and oxygen atoms in total. The van der Waals surface area contributed by atoms with Crippen molar-refractivity contribution in [2.45, 2.75) is 26.2 Å². The zero-order valence-electron chi connectivity index (χ0n) is 21.0. The molecule has 38 heavy (non-hydrogen) atoms. The highest BCUT2D eigenvalue weighted by Crippen LogP contribution is 2.19. The summed E-state index contributed by atoms with van der Waals surface area (Å²) < 4.78 is 21.2. The Morgan fingerprint density at radius 2 is 1.11 bits per heavy atom. The summed E-state index contributed by atoms with van der Waals surface area (Å²) in [7, 11) is 0. The lowest BCUT2D eigenvalue weighted by Crippen LogP contribution is -2.10. The van der Waals surface area contributed by atoms with Crippen LogP contribution in [0.3, 0.4) is 0 Å². The predicted octanol–water partition coefficient (Wildman–Crippen LogP) is 5.61. The van der Waals surface area contributed by atoms with Gasteiger partial charge in [-0.15, -0.1) is 0 Å². The van der Waals surface area contributed by atoms with Gasteiger partial charge in [0, 0.05) is 18.1 Å². The third kappa shape index (κ3) is 8.44. The number of Topliss-reactive ketones (excluding diaryl/α,β-unsaturated/α-hetero) is 1. The predicted molar refractivity (Wildman–Crippen MR) is 140 cm³/mol. The highest BCUT2D eigenvalue weighted by atomic mass is 16.5. The van der Waals surface area contributed by atoms with Gasteiger partial charge >= 0.3 is 17.9 Å². The summed E-state index contributed by atoms with van der Waals surface area (Å²) in [6.45, 7) is 5.85. The summed E-state index contributed by atoms with van der Waals surface area (Å²) in [6.07, 6.45) is 2.88. The van der Waals surface area contributed by atoms with Crippen molar-refractivity contribution in [3.8, 4) is 17.2 Å². The first-order valence-electron chi connectivity index (χ1n) is 12.1. The average Bonchev–Trinajstić information content (AvgIpc) is 2.95. The Bertz CT molecular complexity index is 1260. The lowest BCUT2D eigenvalue weighted by molar-refractivity contribution is -0.137. The van der Waals surface area contributed by atoms with Crippen LogP contribution in [0, 0.1) is 0 Å². The highest BCUT2D eigenvalue weighted by Gasteiger charge is 2.12. The van der Waals surface area contributed by atoms with Crippen LogP contribution in [0.4, 0.5) is 0 Å². The van der Waals surface area contributed by atoms with Crippen molar-refractivity contribution in [2.24, 2.45) is 0 Å². The SMILES string of the molecule is C=CC(=O)OCCCCOc1ccc(C(=O)Oc2ccc(C(=O)Oc3ccc(C(=O)CC)cc3)cc2)cc1. The minimum absolute atomic E-state index is 0.00899. The molecule has 0 fully saturated rings. The topological polar surface area (TPSA) is 105 Å². The molecule has 0 aliphatic rings. The Labute approximate surface area is 220 Å². The lowest BCUT2D eigenvalue weighted by atomic mass is 10.1. The lowest BCUT2D eigenvalue weighted by Gasteiger charge is -2.08. The van der Waals surface area contributed by atoms with Crippen LogP contribution in [0.2, 0.25) is 0 Å². The first-order valence-corrected chi connectivity index (χ1v) is 12.1. The van der Waals surface area contributed by atoms with E-state index in [2.05, 4.69) is 6.58 Å². The van der Waals surface area contributed by atoms with E-state index in [9.17, 15) is 19.2 Å². The maximum absolute atomic E-state index is 12.5. The van der Waals surface area contributed by atoms with Crippen molar-refractivity contribution >= 4 is 23.7 Å². The zero-order chi connectivity index (χ0) is 27.3. The number of ketones is 1. The molecule has 0 atom stereocenters. The second kappa shape index (κ2) is 14.1. The summed E-state index contributed by atoms with van der Waals surface area (Å²) in [5.41, 5.74) is 1.17. The Hall–Kier alpha value is -4.72. The molecule has 0 aromatic heterocycles.